The number of rotatable bonds is 2. The van der Waals surface area contributed by atoms with Crippen molar-refractivity contribution in [3.8, 4) is 0 Å². The molecule has 4 nitrogen and oxygen atoms in total. The lowest BCUT2D eigenvalue weighted by Crippen LogP contribution is -2.10. The van der Waals surface area contributed by atoms with E-state index in [1.807, 2.05) is 25.1 Å². The van der Waals surface area contributed by atoms with Crippen LogP contribution in [-0.4, -0.2) is 18.1 Å². The molecule has 2 aromatic rings. The standard InChI is InChI=1S/C11H12N2O2S/c1-6(10(14)15-2)7-3-4-9-8(5-7)13-11(12)16-9/h3-6H,1-2H3,(H2,12,13). The zero-order chi connectivity index (χ0) is 11.7. The molecule has 0 spiro atoms. The van der Waals surface area contributed by atoms with Gasteiger partial charge in [-0.2, -0.15) is 0 Å². The van der Waals surface area contributed by atoms with Crippen LogP contribution in [0, 0.1) is 0 Å². The number of fused-ring (bicyclic) bond motifs is 1. The molecule has 1 aromatic carbocycles. The van der Waals surface area contributed by atoms with E-state index in [1.165, 1.54) is 18.4 Å². The molecule has 16 heavy (non-hydrogen) atoms. The van der Waals surface area contributed by atoms with Crippen molar-refractivity contribution in [2.75, 3.05) is 12.8 Å². The zero-order valence-electron chi connectivity index (χ0n) is 9.06. The molecule has 1 unspecified atom stereocenters. The lowest BCUT2D eigenvalue weighted by atomic mass is 10.0. The number of ether oxygens (including phenoxy) is 1. The van der Waals surface area contributed by atoms with Gasteiger partial charge in [0, 0.05) is 0 Å². The van der Waals surface area contributed by atoms with Gasteiger partial charge in [0.25, 0.3) is 0 Å². The highest BCUT2D eigenvalue weighted by Gasteiger charge is 2.16. The third kappa shape index (κ3) is 1.86. The quantitative estimate of drug-likeness (QED) is 0.811. The minimum absolute atomic E-state index is 0.248. The molecule has 0 aliphatic rings. The lowest BCUT2D eigenvalue weighted by Gasteiger charge is -2.08. The molecule has 5 heteroatoms. The third-order valence-corrected chi connectivity index (χ3v) is 3.35. The summed E-state index contributed by atoms with van der Waals surface area (Å²) in [5.74, 6) is -0.528. The number of benzene rings is 1. The van der Waals surface area contributed by atoms with Crippen LogP contribution in [0.15, 0.2) is 18.2 Å². The molecule has 0 aliphatic heterocycles. The highest BCUT2D eigenvalue weighted by Crippen LogP contribution is 2.27. The van der Waals surface area contributed by atoms with Gasteiger partial charge in [0.2, 0.25) is 0 Å². The van der Waals surface area contributed by atoms with Gasteiger partial charge < -0.3 is 10.5 Å². The Morgan fingerprint density at radius 1 is 1.56 bits per heavy atom. The van der Waals surface area contributed by atoms with Gasteiger partial charge in [0.1, 0.15) is 0 Å². The highest BCUT2D eigenvalue weighted by molar-refractivity contribution is 7.22. The summed E-state index contributed by atoms with van der Waals surface area (Å²) in [7, 11) is 1.39. The van der Waals surface area contributed by atoms with Crippen LogP contribution in [0.4, 0.5) is 5.13 Å². The van der Waals surface area contributed by atoms with E-state index >= 15 is 0 Å². The second kappa shape index (κ2) is 4.09. The minimum atomic E-state index is -0.280. The molecule has 2 N–H and O–H groups in total. The Morgan fingerprint density at radius 2 is 2.31 bits per heavy atom. The fraction of sp³-hybridized carbons (Fsp3) is 0.273. The van der Waals surface area contributed by atoms with Gasteiger partial charge in [-0.1, -0.05) is 17.4 Å². The van der Waals surface area contributed by atoms with E-state index in [4.69, 9.17) is 10.5 Å². The molecule has 0 bridgehead atoms. The molecule has 1 aromatic heterocycles. The minimum Gasteiger partial charge on any atom is -0.469 e. The smallest absolute Gasteiger partial charge is 0.312 e. The van der Waals surface area contributed by atoms with E-state index in [9.17, 15) is 4.79 Å². The van der Waals surface area contributed by atoms with Crippen LogP contribution >= 0.6 is 11.3 Å². The molecular weight excluding hydrogens is 224 g/mol. The van der Waals surface area contributed by atoms with Gasteiger partial charge in [-0.15, -0.1) is 0 Å². The molecule has 0 fully saturated rings. The molecule has 0 aliphatic carbocycles. The molecule has 0 saturated heterocycles. The van der Waals surface area contributed by atoms with E-state index in [0.29, 0.717) is 5.13 Å². The van der Waals surface area contributed by atoms with Gasteiger partial charge in [0.15, 0.2) is 5.13 Å². The summed E-state index contributed by atoms with van der Waals surface area (Å²) in [6, 6.07) is 5.71. The number of nitrogens with zero attached hydrogens (tertiary/aromatic N) is 1. The number of aromatic nitrogens is 1. The maximum Gasteiger partial charge on any atom is 0.312 e. The monoisotopic (exact) mass is 236 g/mol. The van der Waals surface area contributed by atoms with E-state index in [2.05, 4.69) is 4.98 Å². The Hall–Kier alpha value is -1.62. The van der Waals surface area contributed by atoms with Crippen LogP contribution in [0.5, 0.6) is 0 Å². The topological polar surface area (TPSA) is 65.2 Å². The number of hydrogen-bond donors (Lipinski definition) is 1. The molecule has 2 rings (SSSR count). The number of anilines is 1. The molecule has 0 amide bonds. The average molecular weight is 236 g/mol. The normalized spacial score (nSPS) is 12.6. The predicted octanol–water partition coefficient (Wildman–Crippen LogP) is 2.16. The lowest BCUT2D eigenvalue weighted by molar-refractivity contribution is -0.141. The molecule has 1 heterocycles. The average Bonchev–Trinajstić information content (AvgIpc) is 2.65. The van der Waals surface area contributed by atoms with E-state index in [-0.39, 0.29) is 11.9 Å². The molecule has 1 atom stereocenters. The van der Waals surface area contributed by atoms with Crippen LogP contribution in [0.3, 0.4) is 0 Å². The molecule has 84 valence electrons. The largest absolute Gasteiger partial charge is 0.469 e. The number of thiazole rings is 1. The maximum absolute atomic E-state index is 11.4. The first-order chi connectivity index (χ1) is 7.61. The number of carbonyl (C=O) groups is 1. The Labute approximate surface area is 97.0 Å². The SMILES string of the molecule is COC(=O)C(C)c1ccc2sc(N)nc2c1. The van der Waals surface area contributed by atoms with Gasteiger partial charge in [-0.05, 0) is 24.6 Å². The summed E-state index contributed by atoms with van der Waals surface area (Å²) in [6.07, 6.45) is 0. The maximum atomic E-state index is 11.4. The second-order valence-electron chi connectivity index (χ2n) is 3.52. The summed E-state index contributed by atoms with van der Waals surface area (Å²) >= 11 is 1.44. The molecular formula is C11H12N2O2S. The second-order valence-corrected chi connectivity index (χ2v) is 4.59. The van der Waals surface area contributed by atoms with Crippen molar-refractivity contribution in [1.29, 1.82) is 0 Å². The zero-order valence-corrected chi connectivity index (χ0v) is 9.88. The van der Waals surface area contributed by atoms with E-state index < -0.39 is 0 Å². The fourth-order valence-corrected chi connectivity index (χ4v) is 2.26. The van der Waals surface area contributed by atoms with E-state index in [1.54, 1.807) is 0 Å². The Balaban J connectivity index is 2.42. The van der Waals surface area contributed by atoms with Crippen molar-refractivity contribution in [1.82, 2.24) is 4.98 Å². The summed E-state index contributed by atoms with van der Waals surface area (Å²) in [5, 5.41) is 0.540. The van der Waals surface area contributed by atoms with Crippen molar-refractivity contribution in [3.05, 3.63) is 23.8 Å². The van der Waals surface area contributed by atoms with Crippen molar-refractivity contribution >= 4 is 32.7 Å². The van der Waals surface area contributed by atoms with Crippen LogP contribution in [0.25, 0.3) is 10.2 Å². The van der Waals surface area contributed by atoms with Gasteiger partial charge >= 0.3 is 5.97 Å². The van der Waals surface area contributed by atoms with Gasteiger partial charge in [-0.3, -0.25) is 4.79 Å². The summed E-state index contributed by atoms with van der Waals surface area (Å²) < 4.78 is 5.73. The van der Waals surface area contributed by atoms with Gasteiger partial charge in [0.05, 0.1) is 23.2 Å². The van der Waals surface area contributed by atoms with E-state index in [0.717, 1.165) is 15.8 Å². The molecule has 0 radical (unpaired) electrons. The third-order valence-electron chi connectivity index (χ3n) is 2.48. The first-order valence-electron chi connectivity index (χ1n) is 4.85. The van der Waals surface area contributed by atoms with Crippen LogP contribution in [0.2, 0.25) is 0 Å². The number of nitrogens with two attached hydrogens (primary N) is 1. The Bertz CT molecular complexity index is 536. The summed E-state index contributed by atoms with van der Waals surface area (Å²) in [6.45, 7) is 1.81. The Morgan fingerprint density at radius 3 is 3.00 bits per heavy atom. The number of esters is 1. The van der Waals surface area contributed by atoms with Crippen molar-refractivity contribution in [2.45, 2.75) is 12.8 Å². The van der Waals surface area contributed by atoms with Crippen LogP contribution < -0.4 is 5.73 Å². The van der Waals surface area contributed by atoms with Crippen LogP contribution in [-0.2, 0) is 9.53 Å². The van der Waals surface area contributed by atoms with Gasteiger partial charge in [-0.25, -0.2) is 4.98 Å². The van der Waals surface area contributed by atoms with Crippen molar-refractivity contribution in [2.24, 2.45) is 0 Å². The number of nitrogen functional groups attached to an aromatic ring is 1. The highest BCUT2D eigenvalue weighted by atomic mass is 32.1. The predicted molar refractivity (Wildman–Crippen MR) is 64.5 cm³/mol. The summed E-state index contributed by atoms with van der Waals surface area (Å²) in [5.41, 5.74) is 7.34. The Kier molecular flexibility index (Phi) is 2.78. The first-order valence-corrected chi connectivity index (χ1v) is 5.67. The molecule has 0 saturated carbocycles. The fourth-order valence-electron chi connectivity index (χ4n) is 1.54. The number of carbonyl (C=O) groups excluding carboxylic acids is 1. The first kappa shape index (κ1) is 10.9. The number of methoxy groups -OCH3 is 1. The van der Waals surface area contributed by atoms with Crippen molar-refractivity contribution < 1.29 is 9.53 Å². The van der Waals surface area contributed by atoms with Crippen molar-refractivity contribution in [3.63, 3.8) is 0 Å². The summed E-state index contributed by atoms with van der Waals surface area (Å²) in [4.78, 5) is 15.6. The van der Waals surface area contributed by atoms with Crippen LogP contribution in [0.1, 0.15) is 18.4 Å². The number of hydrogen-bond acceptors (Lipinski definition) is 5.